The fourth-order valence-electron chi connectivity index (χ4n) is 3.19. The van der Waals surface area contributed by atoms with Crippen molar-refractivity contribution in [3.8, 4) is 6.07 Å². The molecule has 148 valence electrons. The predicted molar refractivity (Wildman–Crippen MR) is 100 cm³/mol. The molecule has 9 nitrogen and oxygen atoms in total. The highest BCUT2D eigenvalue weighted by Gasteiger charge is 2.26. The van der Waals surface area contributed by atoms with Crippen LogP contribution in [-0.2, 0) is 9.53 Å². The van der Waals surface area contributed by atoms with Gasteiger partial charge in [-0.2, -0.15) is 10.7 Å². The Bertz CT molecular complexity index is 469. The van der Waals surface area contributed by atoms with Gasteiger partial charge in [-0.25, -0.2) is 0 Å². The van der Waals surface area contributed by atoms with E-state index in [0.717, 1.165) is 44.1 Å². The summed E-state index contributed by atoms with van der Waals surface area (Å²) in [6, 6.07) is 2.28. The van der Waals surface area contributed by atoms with Gasteiger partial charge in [0.1, 0.15) is 12.1 Å². The molecule has 3 N–H and O–H groups in total. The quantitative estimate of drug-likeness (QED) is 0.292. The summed E-state index contributed by atoms with van der Waals surface area (Å²) >= 11 is 1.76. The minimum atomic E-state index is -0.0322. The van der Waals surface area contributed by atoms with Crippen LogP contribution in [0.25, 0.3) is 0 Å². The van der Waals surface area contributed by atoms with Crippen molar-refractivity contribution in [2.24, 2.45) is 0 Å². The van der Waals surface area contributed by atoms with Crippen LogP contribution in [0, 0.1) is 16.5 Å². The molecule has 0 spiro atoms. The van der Waals surface area contributed by atoms with Gasteiger partial charge in [0.05, 0.1) is 25.8 Å². The summed E-state index contributed by atoms with van der Waals surface area (Å²) in [7, 11) is 1.61. The Kier molecular flexibility index (Phi) is 9.63. The number of hydroxylamine groups is 1. The number of hydrogen-bond donors (Lipinski definition) is 3. The average molecular weight is 387 g/mol. The summed E-state index contributed by atoms with van der Waals surface area (Å²) in [5, 5.41) is 24.3. The zero-order valence-corrected chi connectivity index (χ0v) is 16.2. The number of ether oxygens (including phenoxy) is 1. The molecule has 26 heavy (non-hydrogen) atoms. The van der Waals surface area contributed by atoms with Crippen molar-refractivity contribution in [1.82, 2.24) is 20.5 Å². The number of nitrogens with one attached hydrogen (secondary N) is 3. The third-order valence-corrected chi connectivity index (χ3v) is 5.84. The molecule has 2 atom stereocenters. The number of rotatable bonds is 10. The Morgan fingerprint density at radius 3 is 2.88 bits per heavy atom. The van der Waals surface area contributed by atoms with E-state index in [9.17, 15) is 10.0 Å². The minimum Gasteiger partial charge on any atom is -0.613 e. The van der Waals surface area contributed by atoms with Crippen molar-refractivity contribution in [1.29, 1.82) is 5.26 Å². The summed E-state index contributed by atoms with van der Waals surface area (Å²) in [4.78, 5) is 16.0. The third kappa shape index (κ3) is 7.00. The molecule has 0 bridgehead atoms. The first-order valence-corrected chi connectivity index (χ1v) is 10.3. The van der Waals surface area contributed by atoms with Gasteiger partial charge < -0.3 is 15.3 Å². The van der Waals surface area contributed by atoms with Crippen LogP contribution in [0.3, 0.4) is 0 Å². The standard InChI is InChI=1S/C16H30N6O3S/c1-25-9-5-18-16(23)11-20-6-2-14(3-7-20)22(24)19-4-8-21-13-26-12-15(21)10-17/h14-15,19,22H,2-9,11-13H2,1H3,(H,18,23). The van der Waals surface area contributed by atoms with E-state index in [1.807, 2.05) is 0 Å². The van der Waals surface area contributed by atoms with Crippen LogP contribution in [0.1, 0.15) is 12.8 Å². The Balaban J connectivity index is 1.58. The lowest BCUT2D eigenvalue weighted by Gasteiger charge is -2.37. The second-order valence-electron chi connectivity index (χ2n) is 6.64. The second-order valence-corrected chi connectivity index (χ2v) is 7.64. The number of carbonyl (C=O) groups is 1. The average Bonchev–Trinajstić information content (AvgIpc) is 3.10. The van der Waals surface area contributed by atoms with E-state index in [2.05, 4.69) is 26.6 Å². The van der Waals surface area contributed by atoms with Crippen molar-refractivity contribution >= 4 is 17.7 Å². The maximum absolute atomic E-state index is 12.3. The fraction of sp³-hybridized carbons (Fsp3) is 0.875. The molecule has 2 aliphatic heterocycles. The molecule has 0 saturated carbocycles. The zero-order chi connectivity index (χ0) is 18.8. The molecular formula is C16H30N6O3S. The number of nitriles is 1. The van der Waals surface area contributed by atoms with Gasteiger partial charge in [-0.1, -0.05) is 0 Å². The van der Waals surface area contributed by atoms with Gasteiger partial charge in [0.15, 0.2) is 0 Å². The molecule has 0 aromatic carbocycles. The van der Waals surface area contributed by atoms with E-state index >= 15 is 0 Å². The molecule has 10 heteroatoms. The van der Waals surface area contributed by atoms with Gasteiger partial charge in [0.25, 0.3) is 0 Å². The highest BCUT2D eigenvalue weighted by atomic mass is 32.2. The van der Waals surface area contributed by atoms with Crippen LogP contribution >= 0.6 is 11.8 Å². The van der Waals surface area contributed by atoms with Crippen molar-refractivity contribution in [3.05, 3.63) is 5.21 Å². The van der Waals surface area contributed by atoms with Crippen LogP contribution in [-0.4, -0.2) is 92.4 Å². The molecule has 0 radical (unpaired) electrons. The molecule has 2 unspecified atom stereocenters. The lowest BCUT2D eigenvalue weighted by atomic mass is 10.1. The van der Waals surface area contributed by atoms with Gasteiger partial charge in [0.2, 0.25) is 5.91 Å². The van der Waals surface area contributed by atoms with Crippen molar-refractivity contribution in [3.63, 3.8) is 0 Å². The number of likely N-dealkylation sites (tertiary alicyclic amines) is 1. The first kappa shape index (κ1) is 21.4. The number of nitrogens with zero attached hydrogens (tertiary/aromatic N) is 3. The highest BCUT2D eigenvalue weighted by Crippen LogP contribution is 2.19. The molecule has 0 aromatic rings. The number of quaternary nitrogens is 1. The molecule has 2 aliphatic rings. The molecule has 0 aromatic heterocycles. The molecule has 1 amide bonds. The first-order valence-electron chi connectivity index (χ1n) is 9.11. The van der Waals surface area contributed by atoms with Gasteiger partial charge in [-0.05, 0) is 0 Å². The maximum atomic E-state index is 12.3. The maximum Gasteiger partial charge on any atom is 0.234 e. The Morgan fingerprint density at radius 1 is 1.42 bits per heavy atom. The monoisotopic (exact) mass is 386 g/mol. The Labute approximate surface area is 159 Å². The lowest BCUT2D eigenvalue weighted by Crippen LogP contribution is -3.18. The number of hydrogen-bond acceptors (Lipinski definition) is 8. The fourth-order valence-corrected chi connectivity index (χ4v) is 4.35. The molecule has 2 heterocycles. The third-order valence-electron chi connectivity index (χ3n) is 4.77. The molecule has 0 aliphatic carbocycles. The Hall–Kier alpha value is -0.930. The molecule has 2 saturated heterocycles. The van der Waals surface area contributed by atoms with Crippen LogP contribution in [0.4, 0.5) is 0 Å². The predicted octanol–water partition coefficient (Wildman–Crippen LogP) is -2.00. The van der Waals surface area contributed by atoms with E-state index in [1.54, 1.807) is 18.9 Å². The zero-order valence-electron chi connectivity index (χ0n) is 15.4. The summed E-state index contributed by atoms with van der Waals surface area (Å²) in [5.74, 6) is 1.71. The van der Waals surface area contributed by atoms with Crippen molar-refractivity contribution in [2.45, 2.75) is 24.9 Å². The number of amides is 1. The molecular weight excluding hydrogens is 356 g/mol. The van der Waals surface area contributed by atoms with Gasteiger partial charge >= 0.3 is 0 Å². The number of thioether (sulfide) groups is 1. The molecule has 2 rings (SSSR count). The highest BCUT2D eigenvalue weighted by molar-refractivity contribution is 7.99. The normalized spacial score (nSPS) is 23.7. The SMILES string of the molecule is COCCNC(=O)CN1CCC([NH+]([O-])NCCN2CSCC2C#N)CC1. The van der Waals surface area contributed by atoms with Gasteiger partial charge in [-0.15, -0.1) is 11.8 Å². The van der Waals surface area contributed by atoms with Crippen LogP contribution in [0.2, 0.25) is 0 Å². The van der Waals surface area contributed by atoms with Crippen LogP contribution in [0.15, 0.2) is 0 Å². The van der Waals surface area contributed by atoms with Crippen molar-refractivity contribution in [2.75, 3.05) is 64.6 Å². The Morgan fingerprint density at radius 2 is 2.19 bits per heavy atom. The number of methoxy groups -OCH3 is 1. The summed E-state index contributed by atoms with van der Waals surface area (Å²) < 4.78 is 4.91. The second kappa shape index (κ2) is 11.7. The molecule has 2 fully saturated rings. The van der Waals surface area contributed by atoms with E-state index in [4.69, 9.17) is 10.00 Å². The number of piperidine rings is 1. The van der Waals surface area contributed by atoms with E-state index in [0.29, 0.717) is 26.2 Å². The van der Waals surface area contributed by atoms with E-state index in [1.165, 1.54) is 0 Å². The largest absolute Gasteiger partial charge is 0.613 e. The first-order chi connectivity index (χ1) is 12.6. The topological polar surface area (TPSA) is 108 Å². The van der Waals surface area contributed by atoms with Gasteiger partial charge in [0, 0.05) is 57.8 Å². The summed E-state index contributed by atoms with van der Waals surface area (Å²) in [5.41, 5.74) is 3.00. The van der Waals surface area contributed by atoms with Gasteiger partial charge in [-0.3, -0.25) is 19.8 Å². The van der Waals surface area contributed by atoms with Crippen molar-refractivity contribution < 1.29 is 14.7 Å². The smallest absolute Gasteiger partial charge is 0.234 e. The summed E-state index contributed by atoms with van der Waals surface area (Å²) in [6.07, 6.45) is 1.55. The van der Waals surface area contributed by atoms with Crippen LogP contribution in [0.5, 0.6) is 0 Å². The van der Waals surface area contributed by atoms with E-state index in [-0.39, 0.29) is 23.2 Å². The van der Waals surface area contributed by atoms with E-state index < -0.39 is 0 Å². The summed E-state index contributed by atoms with van der Waals surface area (Å²) in [6.45, 7) is 4.23. The number of carbonyl (C=O) groups excluding carboxylic acids is 1. The minimum absolute atomic E-state index is 0.000446. The van der Waals surface area contributed by atoms with Crippen LogP contribution < -0.4 is 15.9 Å². The lowest BCUT2D eigenvalue weighted by molar-refractivity contribution is -0.923.